The van der Waals surface area contributed by atoms with E-state index in [0.717, 1.165) is 10.4 Å². The molecule has 0 bridgehead atoms. The van der Waals surface area contributed by atoms with Gasteiger partial charge in [0, 0.05) is 0 Å². The van der Waals surface area contributed by atoms with Gasteiger partial charge in [0.25, 0.3) is 0 Å². The lowest BCUT2D eigenvalue weighted by Crippen LogP contribution is -2.33. The van der Waals surface area contributed by atoms with Crippen molar-refractivity contribution in [3.63, 3.8) is 0 Å². The SMILES string of the molecule is C=C(C)[Si](C)(O)C(=C)C. The summed E-state index contributed by atoms with van der Waals surface area (Å²) in [6.07, 6.45) is 0. The molecule has 52 valence electrons. The van der Waals surface area contributed by atoms with Gasteiger partial charge in [0.2, 0.25) is 8.32 Å². The molecule has 0 rings (SSSR count). The summed E-state index contributed by atoms with van der Waals surface area (Å²) in [6, 6.07) is 0. The standard InChI is InChI=1S/C7H14OSi/c1-6(2)9(5,8)7(3)4/h8H,1,3H2,2,4-5H3. The van der Waals surface area contributed by atoms with E-state index in [0.29, 0.717) is 0 Å². The van der Waals surface area contributed by atoms with Crippen molar-refractivity contribution in [2.45, 2.75) is 20.4 Å². The van der Waals surface area contributed by atoms with Crippen LogP contribution in [-0.4, -0.2) is 13.1 Å². The highest BCUT2D eigenvalue weighted by molar-refractivity contribution is 6.84. The predicted octanol–water partition coefficient (Wildman–Crippen LogP) is 1.78. The Morgan fingerprint density at radius 3 is 1.44 bits per heavy atom. The van der Waals surface area contributed by atoms with Crippen molar-refractivity contribution in [2.75, 3.05) is 0 Å². The molecule has 0 spiro atoms. The molecule has 0 saturated heterocycles. The lowest BCUT2D eigenvalue weighted by Gasteiger charge is -2.19. The summed E-state index contributed by atoms with van der Waals surface area (Å²) in [4.78, 5) is 9.61. The summed E-state index contributed by atoms with van der Waals surface area (Å²) >= 11 is 0. The van der Waals surface area contributed by atoms with Gasteiger partial charge < -0.3 is 4.80 Å². The minimum absolute atomic E-state index is 0.870. The topological polar surface area (TPSA) is 20.2 Å². The first-order chi connectivity index (χ1) is 3.89. The Morgan fingerprint density at radius 2 is 1.44 bits per heavy atom. The Kier molecular flexibility index (Phi) is 2.40. The van der Waals surface area contributed by atoms with Crippen LogP contribution in [0.2, 0.25) is 6.55 Å². The molecule has 0 saturated carbocycles. The van der Waals surface area contributed by atoms with Crippen LogP contribution in [0.15, 0.2) is 23.6 Å². The van der Waals surface area contributed by atoms with E-state index >= 15 is 0 Å². The molecule has 0 aromatic rings. The third-order valence-corrected chi connectivity index (χ3v) is 4.99. The van der Waals surface area contributed by atoms with Crippen molar-refractivity contribution < 1.29 is 4.80 Å². The second-order valence-corrected chi connectivity index (χ2v) is 6.48. The molecule has 0 amide bonds. The van der Waals surface area contributed by atoms with E-state index in [1.165, 1.54) is 0 Å². The number of hydrogen-bond donors (Lipinski definition) is 1. The number of rotatable bonds is 2. The first kappa shape index (κ1) is 8.66. The molecular formula is C7H14OSi. The quantitative estimate of drug-likeness (QED) is 0.583. The van der Waals surface area contributed by atoms with Crippen LogP contribution in [0.3, 0.4) is 0 Å². The van der Waals surface area contributed by atoms with Crippen LogP contribution in [0.5, 0.6) is 0 Å². The highest BCUT2D eigenvalue weighted by atomic mass is 28.4. The van der Waals surface area contributed by atoms with Crippen molar-refractivity contribution in [1.82, 2.24) is 0 Å². The first-order valence-electron chi connectivity index (χ1n) is 2.93. The number of hydrogen-bond acceptors (Lipinski definition) is 1. The lowest BCUT2D eigenvalue weighted by molar-refractivity contribution is 0.564. The molecule has 2 heteroatoms. The average Bonchev–Trinajstić information content (AvgIpc) is 1.65. The van der Waals surface area contributed by atoms with E-state index in [2.05, 4.69) is 13.2 Å². The zero-order chi connectivity index (χ0) is 7.65. The highest BCUT2D eigenvalue weighted by Gasteiger charge is 2.25. The van der Waals surface area contributed by atoms with Gasteiger partial charge in [0.15, 0.2) is 0 Å². The summed E-state index contributed by atoms with van der Waals surface area (Å²) in [5.41, 5.74) is 0. The first-order valence-corrected chi connectivity index (χ1v) is 5.38. The van der Waals surface area contributed by atoms with Gasteiger partial charge in [-0.25, -0.2) is 0 Å². The molecule has 1 nitrogen and oxygen atoms in total. The molecule has 9 heavy (non-hydrogen) atoms. The predicted molar refractivity (Wildman–Crippen MR) is 43.5 cm³/mol. The van der Waals surface area contributed by atoms with Crippen molar-refractivity contribution in [1.29, 1.82) is 0 Å². The van der Waals surface area contributed by atoms with Crippen LogP contribution in [0.1, 0.15) is 13.8 Å². The van der Waals surface area contributed by atoms with E-state index < -0.39 is 8.32 Å². The van der Waals surface area contributed by atoms with Crippen LogP contribution >= 0.6 is 0 Å². The van der Waals surface area contributed by atoms with Crippen molar-refractivity contribution >= 4 is 8.32 Å². The van der Waals surface area contributed by atoms with Crippen LogP contribution in [0.25, 0.3) is 0 Å². The zero-order valence-corrected chi connectivity index (χ0v) is 7.36. The van der Waals surface area contributed by atoms with Gasteiger partial charge in [0.1, 0.15) is 0 Å². The minimum atomic E-state index is -2.25. The maximum atomic E-state index is 9.61. The summed E-state index contributed by atoms with van der Waals surface area (Å²) in [5, 5.41) is 1.74. The summed E-state index contributed by atoms with van der Waals surface area (Å²) in [7, 11) is -2.25. The van der Waals surface area contributed by atoms with Gasteiger partial charge in [-0.3, -0.25) is 0 Å². The molecule has 0 heterocycles. The Bertz CT molecular complexity index is 131. The summed E-state index contributed by atoms with van der Waals surface area (Å²) in [6.45, 7) is 12.9. The third kappa shape index (κ3) is 1.80. The van der Waals surface area contributed by atoms with Gasteiger partial charge in [0.05, 0.1) is 0 Å². The minimum Gasteiger partial charge on any atom is -0.424 e. The highest BCUT2D eigenvalue weighted by Crippen LogP contribution is 2.15. The van der Waals surface area contributed by atoms with Gasteiger partial charge >= 0.3 is 0 Å². The smallest absolute Gasteiger partial charge is 0.239 e. The second-order valence-electron chi connectivity index (χ2n) is 2.63. The fraction of sp³-hybridized carbons (Fsp3) is 0.429. The van der Waals surface area contributed by atoms with Crippen LogP contribution in [-0.2, 0) is 0 Å². The Balaban J connectivity index is 4.38. The van der Waals surface area contributed by atoms with E-state index in [-0.39, 0.29) is 0 Å². The second kappa shape index (κ2) is 2.50. The van der Waals surface area contributed by atoms with Gasteiger partial charge in [-0.15, -0.1) is 13.2 Å². The normalized spacial score (nSPS) is 11.1. The summed E-state index contributed by atoms with van der Waals surface area (Å²) in [5.74, 6) is 0. The molecule has 1 N–H and O–H groups in total. The molecule has 0 unspecified atom stereocenters. The third-order valence-electron chi connectivity index (χ3n) is 1.66. The molecule has 0 atom stereocenters. The average molecular weight is 142 g/mol. The maximum absolute atomic E-state index is 9.61. The molecule has 0 fully saturated rings. The fourth-order valence-corrected chi connectivity index (χ4v) is 1.09. The molecule has 0 aromatic heterocycles. The summed E-state index contributed by atoms with van der Waals surface area (Å²) < 4.78 is 0. The van der Waals surface area contributed by atoms with Crippen LogP contribution < -0.4 is 0 Å². The lowest BCUT2D eigenvalue weighted by atomic mass is 10.7. The van der Waals surface area contributed by atoms with Gasteiger partial charge in [-0.05, 0) is 20.4 Å². The molecule has 0 aromatic carbocycles. The van der Waals surface area contributed by atoms with Crippen molar-refractivity contribution in [3.8, 4) is 0 Å². The molecule has 0 aliphatic rings. The number of allylic oxidation sites excluding steroid dienone is 2. The zero-order valence-electron chi connectivity index (χ0n) is 6.36. The fourth-order valence-electron chi connectivity index (χ4n) is 0.364. The van der Waals surface area contributed by atoms with E-state index in [9.17, 15) is 4.80 Å². The van der Waals surface area contributed by atoms with Crippen LogP contribution in [0, 0.1) is 0 Å². The van der Waals surface area contributed by atoms with E-state index in [1.54, 1.807) is 0 Å². The van der Waals surface area contributed by atoms with Crippen molar-refractivity contribution in [3.05, 3.63) is 23.6 Å². The Labute approximate surface area is 57.8 Å². The monoisotopic (exact) mass is 142 g/mol. The molecule has 0 aliphatic heterocycles. The largest absolute Gasteiger partial charge is 0.424 e. The Hall–Kier alpha value is -0.343. The molecule has 0 aliphatic carbocycles. The van der Waals surface area contributed by atoms with E-state index in [1.807, 2.05) is 20.4 Å². The maximum Gasteiger partial charge on any atom is 0.239 e. The van der Waals surface area contributed by atoms with Crippen molar-refractivity contribution in [2.24, 2.45) is 0 Å². The molecule has 0 radical (unpaired) electrons. The van der Waals surface area contributed by atoms with E-state index in [4.69, 9.17) is 0 Å². The van der Waals surface area contributed by atoms with Crippen LogP contribution in [0.4, 0.5) is 0 Å². The van der Waals surface area contributed by atoms with Gasteiger partial charge in [-0.1, -0.05) is 10.4 Å². The van der Waals surface area contributed by atoms with Gasteiger partial charge in [-0.2, -0.15) is 0 Å². The Morgan fingerprint density at radius 1 is 1.22 bits per heavy atom. The molecular weight excluding hydrogens is 128 g/mol.